The monoisotopic (exact) mass is 464 g/mol. The summed E-state index contributed by atoms with van der Waals surface area (Å²) in [5, 5.41) is 4.85. The number of rotatable bonds is 7. The second-order valence-corrected chi connectivity index (χ2v) is 8.44. The zero-order valence-corrected chi connectivity index (χ0v) is 17.9. The third-order valence-corrected chi connectivity index (χ3v) is 6.13. The number of carbonyl (C=O) groups excluding carboxylic acids is 1. The molecule has 1 aromatic heterocycles. The van der Waals surface area contributed by atoms with Gasteiger partial charge < -0.3 is 14.8 Å². The molecule has 27 heavy (non-hydrogen) atoms. The third-order valence-electron chi connectivity index (χ3n) is 3.59. The number of thiazole rings is 1. The summed E-state index contributed by atoms with van der Waals surface area (Å²) in [5.41, 5.74) is 2.59. The fourth-order valence-corrected chi connectivity index (χ4v) is 4.18. The smallest absolute Gasteiger partial charge is 0.234 e. The lowest BCUT2D eigenvalue weighted by atomic mass is 10.2. The number of methoxy groups -OCH3 is 2. The van der Waals surface area contributed by atoms with Crippen molar-refractivity contribution in [3.63, 3.8) is 0 Å². The summed E-state index contributed by atoms with van der Waals surface area (Å²) in [4.78, 5) is 16.8. The van der Waals surface area contributed by atoms with Crippen LogP contribution in [0.5, 0.6) is 11.5 Å². The molecule has 0 aliphatic rings. The largest absolute Gasteiger partial charge is 0.497 e. The number of hydrogen-bond acceptors (Lipinski definition) is 6. The first-order valence-corrected chi connectivity index (χ1v) is 10.6. The maximum atomic E-state index is 12.3. The third kappa shape index (κ3) is 5.47. The minimum atomic E-state index is -0.115. The van der Waals surface area contributed by atoms with E-state index in [0.29, 0.717) is 17.2 Å². The van der Waals surface area contributed by atoms with Gasteiger partial charge in [0.15, 0.2) is 4.34 Å². The first-order chi connectivity index (χ1) is 13.1. The van der Waals surface area contributed by atoms with Gasteiger partial charge in [0.05, 0.1) is 25.7 Å². The standard InChI is InChI=1S/C19H17BrN2O3S2/c1-24-15-7-14(8-16(9-15)25-2)21-18(23)11-27-19-22-17(10-26-19)12-3-5-13(20)6-4-12/h3-10H,11H2,1-2H3,(H,21,23). The fraction of sp³-hybridized carbons (Fsp3) is 0.158. The lowest BCUT2D eigenvalue weighted by Crippen LogP contribution is -2.14. The van der Waals surface area contributed by atoms with Gasteiger partial charge in [-0.1, -0.05) is 39.8 Å². The molecule has 3 rings (SSSR count). The summed E-state index contributed by atoms with van der Waals surface area (Å²) in [7, 11) is 3.14. The van der Waals surface area contributed by atoms with Crippen LogP contribution in [0.2, 0.25) is 0 Å². The average molecular weight is 465 g/mol. The Morgan fingerprint density at radius 2 is 1.81 bits per heavy atom. The van der Waals surface area contributed by atoms with Crippen LogP contribution in [0.1, 0.15) is 0 Å². The number of nitrogens with one attached hydrogen (secondary N) is 1. The summed E-state index contributed by atoms with van der Waals surface area (Å²) < 4.78 is 12.3. The highest BCUT2D eigenvalue weighted by Crippen LogP contribution is 2.30. The molecule has 1 amide bonds. The van der Waals surface area contributed by atoms with Crippen molar-refractivity contribution in [2.24, 2.45) is 0 Å². The Morgan fingerprint density at radius 1 is 1.15 bits per heavy atom. The van der Waals surface area contributed by atoms with Gasteiger partial charge in [-0.15, -0.1) is 11.3 Å². The summed E-state index contributed by atoms with van der Waals surface area (Å²) in [5.74, 6) is 1.40. The lowest BCUT2D eigenvalue weighted by Gasteiger charge is -2.09. The summed E-state index contributed by atoms with van der Waals surface area (Å²) in [6, 6.07) is 13.2. The van der Waals surface area contributed by atoms with Crippen molar-refractivity contribution in [1.82, 2.24) is 4.98 Å². The highest BCUT2D eigenvalue weighted by molar-refractivity contribution is 9.10. The Bertz CT molecular complexity index is 907. The Labute approximate surface area is 174 Å². The maximum absolute atomic E-state index is 12.3. The van der Waals surface area contributed by atoms with Gasteiger partial charge in [0, 0.05) is 39.3 Å². The van der Waals surface area contributed by atoms with E-state index in [1.54, 1.807) is 32.4 Å². The van der Waals surface area contributed by atoms with Crippen molar-refractivity contribution in [2.45, 2.75) is 4.34 Å². The predicted molar refractivity (Wildman–Crippen MR) is 114 cm³/mol. The van der Waals surface area contributed by atoms with E-state index in [1.165, 1.54) is 23.1 Å². The molecule has 0 aliphatic carbocycles. The molecule has 0 unspecified atom stereocenters. The van der Waals surface area contributed by atoms with Gasteiger partial charge in [0.1, 0.15) is 11.5 Å². The molecule has 0 radical (unpaired) electrons. The van der Waals surface area contributed by atoms with Crippen LogP contribution in [0.25, 0.3) is 11.3 Å². The van der Waals surface area contributed by atoms with Gasteiger partial charge >= 0.3 is 0 Å². The normalized spacial score (nSPS) is 10.5. The van der Waals surface area contributed by atoms with Crippen molar-refractivity contribution in [3.8, 4) is 22.8 Å². The Balaban J connectivity index is 1.59. The summed E-state index contributed by atoms with van der Waals surface area (Å²) in [6.07, 6.45) is 0. The van der Waals surface area contributed by atoms with E-state index < -0.39 is 0 Å². The number of thioether (sulfide) groups is 1. The van der Waals surface area contributed by atoms with Gasteiger partial charge in [-0.05, 0) is 12.1 Å². The van der Waals surface area contributed by atoms with Crippen LogP contribution in [0.3, 0.4) is 0 Å². The summed E-state index contributed by atoms with van der Waals surface area (Å²) in [6.45, 7) is 0. The van der Waals surface area contributed by atoms with Crippen LogP contribution in [-0.2, 0) is 4.79 Å². The molecule has 3 aromatic rings. The molecule has 0 saturated carbocycles. The molecular weight excluding hydrogens is 448 g/mol. The van der Waals surface area contributed by atoms with Crippen LogP contribution >= 0.6 is 39.0 Å². The van der Waals surface area contributed by atoms with Crippen molar-refractivity contribution < 1.29 is 14.3 Å². The van der Waals surface area contributed by atoms with Gasteiger partial charge in [-0.3, -0.25) is 4.79 Å². The molecule has 2 aromatic carbocycles. The number of nitrogens with zero attached hydrogens (tertiary/aromatic N) is 1. The predicted octanol–water partition coefficient (Wildman–Crippen LogP) is 5.32. The van der Waals surface area contributed by atoms with E-state index in [1.807, 2.05) is 29.6 Å². The van der Waals surface area contributed by atoms with Crippen LogP contribution in [0, 0.1) is 0 Å². The molecule has 0 aliphatic heterocycles. The Kier molecular flexibility index (Phi) is 6.76. The van der Waals surface area contributed by atoms with E-state index in [0.717, 1.165) is 20.1 Å². The molecule has 8 heteroatoms. The number of ether oxygens (including phenoxy) is 2. The van der Waals surface area contributed by atoms with E-state index >= 15 is 0 Å². The van der Waals surface area contributed by atoms with E-state index in [-0.39, 0.29) is 11.7 Å². The first kappa shape index (κ1) is 19.7. The number of anilines is 1. The maximum Gasteiger partial charge on any atom is 0.234 e. The molecule has 5 nitrogen and oxygen atoms in total. The van der Waals surface area contributed by atoms with Gasteiger partial charge in [-0.2, -0.15) is 0 Å². The topological polar surface area (TPSA) is 60.5 Å². The van der Waals surface area contributed by atoms with Crippen molar-refractivity contribution in [3.05, 3.63) is 52.3 Å². The van der Waals surface area contributed by atoms with E-state index in [2.05, 4.69) is 26.2 Å². The molecule has 1 heterocycles. The second-order valence-electron chi connectivity index (χ2n) is 5.44. The Morgan fingerprint density at radius 3 is 2.44 bits per heavy atom. The molecule has 0 bridgehead atoms. The minimum absolute atomic E-state index is 0.115. The summed E-state index contributed by atoms with van der Waals surface area (Å²) >= 11 is 6.37. The number of hydrogen-bond donors (Lipinski definition) is 1. The quantitative estimate of drug-likeness (QED) is 0.479. The molecule has 0 fully saturated rings. The SMILES string of the molecule is COc1cc(NC(=O)CSc2nc(-c3ccc(Br)cc3)cs2)cc(OC)c1. The number of benzene rings is 2. The first-order valence-electron chi connectivity index (χ1n) is 7.94. The minimum Gasteiger partial charge on any atom is -0.497 e. The fourth-order valence-electron chi connectivity index (χ4n) is 2.28. The van der Waals surface area contributed by atoms with Crippen molar-refractivity contribution >= 4 is 50.6 Å². The second kappa shape index (κ2) is 9.25. The average Bonchev–Trinajstić information content (AvgIpc) is 3.15. The zero-order valence-electron chi connectivity index (χ0n) is 14.7. The zero-order chi connectivity index (χ0) is 19.2. The number of halogens is 1. The molecule has 0 saturated heterocycles. The van der Waals surface area contributed by atoms with Crippen LogP contribution in [0.4, 0.5) is 5.69 Å². The molecule has 140 valence electrons. The number of aromatic nitrogens is 1. The van der Waals surface area contributed by atoms with Crippen LogP contribution < -0.4 is 14.8 Å². The van der Waals surface area contributed by atoms with Crippen molar-refractivity contribution in [1.29, 1.82) is 0 Å². The molecule has 0 atom stereocenters. The van der Waals surface area contributed by atoms with Crippen LogP contribution in [-0.4, -0.2) is 30.9 Å². The van der Waals surface area contributed by atoms with Crippen molar-refractivity contribution in [2.75, 3.05) is 25.3 Å². The lowest BCUT2D eigenvalue weighted by molar-refractivity contribution is -0.113. The van der Waals surface area contributed by atoms with Gasteiger partial charge in [-0.25, -0.2) is 4.98 Å². The van der Waals surface area contributed by atoms with Crippen LogP contribution in [0.15, 0.2) is 56.7 Å². The molecule has 0 spiro atoms. The molecular formula is C19H17BrN2O3S2. The highest BCUT2D eigenvalue weighted by atomic mass is 79.9. The van der Waals surface area contributed by atoms with Gasteiger partial charge in [0.2, 0.25) is 5.91 Å². The molecule has 1 N–H and O–H groups in total. The Hall–Kier alpha value is -2.03. The van der Waals surface area contributed by atoms with E-state index in [4.69, 9.17) is 9.47 Å². The van der Waals surface area contributed by atoms with Gasteiger partial charge in [0.25, 0.3) is 0 Å². The van der Waals surface area contributed by atoms with E-state index in [9.17, 15) is 4.79 Å². The highest BCUT2D eigenvalue weighted by Gasteiger charge is 2.10. The number of carbonyl (C=O) groups is 1. The number of amides is 1.